The summed E-state index contributed by atoms with van der Waals surface area (Å²) < 4.78 is 32.8. The predicted molar refractivity (Wildman–Crippen MR) is 200 cm³/mol. The molecule has 4 aromatic rings. The van der Waals surface area contributed by atoms with Crippen molar-refractivity contribution in [3.63, 3.8) is 0 Å². The Labute approximate surface area is 318 Å². The first-order valence-electron chi connectivity index (χ1n) is 16.9. The number of β-amino-alcohol motifs (C(OH)–C–C–N with tert-alkyl or cyclic N) is 1. The minimum Gasteiger partial charge on any atom is -0.492 e. The molecule has 1 saturated heterocycles. The Hall–Kier alpha value is -3.63. The van der Waals surface area contributed by atoms with E-state index in [2.05, 4.69) is 10.2 Å². The molecule has 5 rings (SSSR count). The molecule has 1 atom stereocenters. The van der Waals surface area contributed by atoms with Gasteiger partial charge >= 0.3 is 0 Å². The van der Waals surface area contributed by atoms with E-state index in [0.717, 1.165) is 25.9 Å². The Morgan fingerprint density at radius 2 is 1.60 bits per heavy atom. The lowest BCUT2D eigenvalue weighted by molar-refractivity contribution is 0.103. The van der Waals surface area contributed by atoms with E-state index in [9.17, 15) is 25.0 Å². The van der Waals surface area contributed by atoms with Gasteiger partial charge in [-0.2, -0.15) is 5.26 Å². The Bertz CT molecular complexity index is 1890. The number of hydrogen-bond donors (Lipinski definition) is 4. The van der Waals surface area contributed by atoms with Crippen LogP contribution in [0.3, 0.4) is 0 Å². The first kappa shape index (κ1) is 39.6. The standard InChI is InChI=1S/C39H41Cl3FN3O6/c1-39(23-47,24-48)45-19-27-16-32(40)36(17-35(27)51-22-28-15-25(18-44)9-10-33(28)43)52-21-26-5-2-6-30(37(26)41)31-7-3-8-34(38(31)42)50-14-4-12-46-13-11-29(49)20-46/h2-3,5-10,15-17,29,45,47-49H,4,11-14,19-24H2,1H3/t29-/m1/s1. The second-order valence-electron chi connectivity index (χ2n) is 13.0. The zero-order chi connectivity index (χ0) is 37.3. The van der Waals surface area contributed by atoms with Gasteiger partial charge in [-0.05, 0) is 50.1 Å². The molecule has 52 heavy (non-hydrogen) atoms. The summed E-state index contributed by atoms with van der Waals surface area (Å²) in [7, 11) is 0. The second-order valence-corrected chi connectivity index (χ2v) is 14.1. The molecule has 4 N–H and O–H groups in total. The molecule has 0 amide bonds. The number of nitrogens with zero attached hydrogens (tertiary/aromatic N) is 2. The molecule has 1 aliphatic heterocycles. The van der Waals surface area contributed by atoms with Gasteiger partial charge < -0.3 is 39.7 Å². The van der Waals surface area contributed by atoms with Crippen LogP contribution in [0.15, 0.2) is 66.7 Å². The summed E-state index contributed by atoms with van der Waals surface area (Å²) >= 11 is 20.5. The molecule has 1 aliphatic rings. The van der Waals surface area contributed by atoms with Crippen LogP contribution in [0.2, 0.25) is 15.1 Å². The van der Waals surface area contributed by atoms with E-state index in [1.807, 2.05) is 42.5 Å². The van der Waals surface area contributed by atoms with Crippen LogP contribution >= 0.6 is 34.8 Å². The fourth-order valence-electron chi connectivity index (χ4n) is 5.71. The Kier molecular flexibility index (Phi) is 14.0. The molecule has 0 radical (unpaired) electrons. The van der Waals surface area contributed by atoms with E-state index >= 15 is 0 Å². The molecule has 276 valence electrons. The first-order chi connectivity index (χ1) is 25.0. The monoisotopic (exact) mass is 771 g/mol. The summed E-state index contributed by atoms with van der Waals surface area (Å²) in [5, 5.41) is 42.8. The summed E-state index contributed by atoms with van der Waals surface area (Å²) in [5.74, 6) is 0.609. The summed E-state index contributed by atoms with van der Waals surface area (Å²) in [6, 6.07) is 20.3. The number of hydrogen-bond acceptors (Lipinski definition) is 9. The highest BCUT2D eigenvalue weighted by atomic mass is 35.5. The van der Waals surface area contributed by atoms with Gasteiger partial charge in [-0.3, -0.25) is 0 Å². The number of rotatable bonds is 17. The molecule has 0 unspecified atom stereocenters. The molecule has 0 spiro atoms. The van der Waals surface area contributed by atoms with Crippen molar-refractivity contribution in [2.24, 2.45) is 0 Å². The first-order valence-corrected chi connectivity index (χ1v) is 18.0. The van der Waals surface area contributed by atoms with Crippen molar-refractivity contribution in [1.29, 1.82) is 5.26 Å². The van der Waals surface area contributed by atoms with Crippen LogP contribution in [0, 0.1) is 17.1 Å². The van der Waals surface area contributed by atoms with Gasteiger partial charge in [-0.25, -0.2) is 4.39 Å². The number of likely N-dealkylation sites (tertiary alicyclic amines) is 1. The van der Waals surface area contributed by atoms with Gasteiger partial charge in [0.1, 0.15) is 36.3 Å². The maximum absolute atomic E-state index is 14.6. The van der Waals surface area contributed by atoms with Gasteiger partial charge in [0.2, 0.25) is 0 Å². The third-order valence-electron chi connectivity index (χ3n) is 8.92. The van der Waals surface area contributed by atoms with Crippen LogP contribution in [0.4, 0.5) is 4.39 Å². The van der Waals surface area contributed by atoms with Gasteiger partial charge in [-0.15, -0.1) is 0 Å². The predicted octanol–water partition coefficient (Wildman–Crippen LogP) is 7.15. The Balaban J connectivity index is 1.32. The van der Waals surface area contributed by atoms with Gasteiger partial charge in [0.05, 0.1) is 58.2 Å². The number of nitriles is 1. The van der Waals surface area contributed by atoms with Crippen molar-refractivity contribution in [1.82, 2.24) is 10.2 Å². The van der Waals surface area contributed by atoms with Crippen molar-refractivity contribution in [3.05, 3.63) is 110 Å². The SMILES string of the molecule is CC(CO)(CO)NCc1cc(Cl)c(OCc2cccc(-c3cccc(OCCCN4CC[C@@H](O)C4)c3Cl)c2Cl)cc1OCc1cc(C#N)ccc1F. The highest BCUT2D eigenvalue weighted by Crippen LogP contribution is 2.40. The van der Waals surface area contributed by atoms with E-state index in [0.29, 0.717) is 62.5 Å². The number of ether oxygens (including phenoxy) is 3. The summed E-state index contributed by atoms with van der Waals surface area (Å²) in [5.41, 5.74) is 2.11. The van der Waals surface area contributed by atoms with Crippen molar-refractivity contribution in [2.45, 2.75) is 51.2 Å². The Morgan fingerprint density at radius 1 is 0.885 bits per heavy atom. The lowest BCUT2D eigenvalue weighted by Gasteiger charge is -2.27. The maximum Gasteiger partial charge on any atom is 0.142 e. The molecule has 1 fully saturated rings. The molecule has 0 aromatic heterocycles. The largest absolute Gasteiger partial charge is 0.492 e. The average molecular weight is 773 g/mol. The van der Waals surface area contributed by atoms with Crippen LogP contribution in [0.25, 0.3) is 11.1 Å². The van der Waals surface area contributed by atoms with E-state index < -0.39 is 11.4 Å². The summed E-state index contributed by atoms with van der Waals surface area (Å²) in [6.45, 7) is 3.89. The maximum atomic E-state index is 14.6. The highest BCUT2D eigenvalue weighted by molar-refractivity contribution is 6.37. The van der Waals surface area contributed by atoms with E-state index in [1.54, 1.807) is 19.1 Å². The molecular formula is C39H41Cl3FN3O6. The zero-order valence-corrected chi connectivity index (χ0v) is 30.9. The minimum absolute atomic E-state index is 0.0361. The van der Waals surface area contributed by atoms with Gasteiger partial charge in [0, 0.05) is 60.1 Å². The van der Waals surface area contributed by atoms with Crippen LogP contribution in [0.5, 0.6) is 17.2 Å². The van der Waals surface area contributed by atoms with Crippen LogP contribution in [-0.2, 0) is 19.8 Å². The number of nitrogens with one attached hydrogen (secondary N) is 1. The second kappa shape index (κ2) is 18.4. The zero-order valence-electron chi connectivity index (χ0n) is 28.7. The normalized spacial score (nSPS) is 14.7. The smallest absolute Gasteiger partial charge is 0.142 e. The van der Waals surface area contributed by atoms with Crippen LogP contribution < -0.4 is 19.5 Å². The van der Waals surface area contributed by atoms with Gasteiger partial charge in [-0.1, -0.05) is 65.1 Å². The number of benzene rings is 4. The van der Waals surface area contributed by atoms with Crippen molar-refractivity contribution < 1.29 is 33.9 Å². The number of halogens is 4. The highest BCUT2D eigenvalue weighted by Gasteiger charge is 2.23. The van der Waals surface area contributed by atoms with Crippen LogP contribution in [-0.4, -0.2) is 71.3 Å². The van der Waals surface area contributed by atoms with E-state index in [1.165, 1.54) is 18.2 Å². The van der Waals surface area contributed by atoms with Gasteiger partial charge in [0.15, 0.2) is 0 Å². The van der Waals surface area contributed by atoms with E-state index in [4.69, 9.17) is 49.0 Å². The van der Waals surface area contributed by atoms with E-state index in [-0.39, 0.29) is 55.4 Å². The molecule has 0 aliphatic carbocycles. The quantitative estimate of drug-likeness (QED) is 0.0828. The van der Waals surface area contributed by atoms with Gasteiger partial charge in [0.25, 0.3) is 0 Å². The van der Waals surface area contributed by atoms with Crippen LogP contribution in [0.1, 0.15) is 42.0 Å². The summed E-state index contributed by atoms with van der Waals surface area (Å²) in [4.78, 5) is 2.22. The third-order valence-corrected chi connectivity index (χ3v) is 10.0. The molecule has 4 aromatic carbocycles. The summed E-state index contributed by atoms with van der Waals surface area (Å²) in [6.07, 6.45) is 1.34. The Morgan fingerprint density at radius 3 is 2.31 bits per heavy atom. The number of aliphatic hydroxyl groups is 3. The number of aliphatic hydroxyl groups excluding tert-OH is 3. The molecule has 1 heterocycles. The lowest BCUT2D eigenvalue weighted by atomic mass is 10.0. The minimum atomic E-state index is -0.985. The average Bonchev–Trinajstić information content (AvgIpc) is 3.57. The molecule has 0 saturated carbocycles. The fourth-order valence-corrected chi connectivity index (χ4v) is 6.52. The third kappa shape index (κ3) is 10.1. The molecular weight excluding hydrogens is 732 g/mol. The van der Waals surface area contributed by atoms with Crippen molar-refractivity contribution in [2.75, 3.05) is 39.5 Å². The molecule has 13 heteroatoms. The van der Waals surface area contributed by atoms with Crippen molar-refractivity contribution >= 4 is 34.8 Å². The topological polar surface area (TPSA) is 127 Å². The fraction of sp³-hybridized carbons (Fsp3) is 0.359. The molecule has 0 bridgehead atoms. The molecule has 9 nitrogen and oxygen atoms in total. The van der Waals surface area contributed by atoms with Crippen molar-refractivity contribution in [3.8, 4) is 34.4 Å². The lowest BCUT2D eigenvalue weighted by Crippen LogP contribution is -2.48.